The molecule has 0 aromatic carbocycles. The van der Waals surface area contributed by atoms with E-state index in [0.717, 1.165) is 24.4 Å². The van der Waals surface area contributed by atoms with Crippen molar-refractivity contribution in [2.24, 2.45) is 0 Å². The first kappa shape index (κ1) is 12.9. The van der Waals surface area contributed by atoms with Crippen molar-refractivity contribution in [1.82, 2.24) is 24.3 Å². The first-order chi connectivity index (χ1) is 9.74. The van der Waals surface area contributed by atoms with Gasteiger partial charge >= 0.3 is 0 Å². The molecule has 0 saturated carbocycles. The average molecular weight is 269 g/mol. The van der Waals surface area contributed by atoms with Crippen molar-refractivity contribution in [2.45, 2.75) is 33.0 Å². The molecule has 0 bridgehead atoms. The predicted molar refractivity (Wildman–Crippen MR) is 78.5 cm³/mol. The van der Waals surface area contributed by atoms with Crippen molar-refractivity contribution < 1.29 is 0 Å². The van der Waals surface area contributed by atoms with E-state index >= 15 is 0 Å². The van der Waals surface area contributed by atoms with Gasteiger partial charge < -0.3 is 14.3 Å². The summed E-state index contributed by atoms with van der Waals surface area (Å²) in [6, 6.07) is 6.45. The molecule has 5 heteroatoms. The molecule has 0 aliphatic heterocycles. The fraction of sp³-hybridized carbons (Fsp3) is 0.333. The van der Waals surface area contributed by atoms with Gasteiger partial charge in [0.25, 0.3) is 0 Å². The maximum atomic E-state index is 4.57. The molecule has 0 amide bonds. The average Bonchev–Trinajstić information content (AvgIpc) is 3.03. The first-order valence-corrected chi connectivity index (χ1v) is 6.86. The van der Waals surface area contributed by atoms with Crippen LogP contribution < -0.4 is 5.32 Å². The number of fused-ring (bicyclic) bond motifs is 1. The van der Waals surface area contributed by atoms with Crippen LogP contribution in [0, 0.1) is 6.92 Å². The highest BCUT2D eigenvalue weighted by Crippen LogP contribution is 2.11. The topological polar surface area (TPSA) is 47.1 Å². The zero-order chi connectivity index (χ0) is 13.9. The normalized spacial score (nSPS) is 12.9. The fourth-order valence-electron chi connectivity index (χ4n) is 2.42. The van der Waals surface area contributed by atoms with Gasteiger partial charge in [0, 0.05) is 37.7 Å². The number of hydrogen-bond donors (Lipinski definition) is 1. The Morgan fingerprint density at radius 3 is 3.00 bits per heavy atom. The van der Waals surface area contributed by atoms with E-state index in [9.17, 15) is 0 Å². The molecule has 5 nitrogen and oxygen atoms in total. The van der Waals surface area contributed by atoms with Crippen LogP contribution in [0.4, 0.5) is 0 Å². The van der Waals surface area contributed by atoms with E-state index in [4.69, 9.17) is 0 Å². The maximum Gasteiger partial charge on any atom is 0.137 e. The Labute approximate surface area is 118 Å². The van der Waals surface area contributed by atoms with Crippen molar-refractivity contribution >= 4 is 5.65 Å². The standard InChI is InChI=1S/C15H19N5/c1-12(10-19-8-6-16-11-19)17-9-14-13(2)18-15-5-3-4-7-20(14)15/h3-8,11-12,17H,9-10H2,1-2H3. The number of aryl methyl sites for hydroxylation is 1. The molecule has 3 aromatic rings. The number of nitrogens with one attached hydrogen (secondary N) is 1. The highest BCUT2D eigenvalue weighted by molar-refractivity contribution is 5.42. The zero-order valence-corrected chi connectivity index (χ0v) is 11.8. The number of aromatic nitrogens is 4. The van der Waals surface area contributed by atoms with Gasteiger partial charge in [-0.25, -0.2) is 9.97 Å². The summed E-state index contributed by atoms with van der Waals surface area (Å²) in [6.07, 6.45) is 7.70. The lowest BCUT2D eigenvalue weighted by atomic mass is 10.3. The Bertz CT molecular complexity index is 683. The Morgan fingerprint density at radius 1 is 1.30 bits per heavy atom. The lowest BCUT2D eigenvalue weighted by molar-refractivity contribution is 0.471. The Kier molecular flexibility index (Phi) is 3.52. The van der Waals surface area contributed by atoms with Gasteiger partial charge in [-0.15, -0.1) is 0 Å². The van der Waals surface area contributed by atoms with Gasteiger partial charge in [0.05, 0.1) is 17.7 Å². The second-order valence-electron chi connectivity index (χ2n) is 5.11. The van der Waals surface area contributed by atoms with E-state index in [2.05, 4.69) is 44.3 Å². The molecule has 3 heterocycles. The fourth-order valence-corrected chi connectivity index (χ4v) is 2.42. The first-order valence-electron chi connectivity index (χ1n) is 6.86. The molecular weight excluding hydrogens is 250 g/mol. The predicted octanol–water partition coefficient (Wildman–Crippen LogP) is 2.02. The molecule has 0 saturated heterocycles. The summed E-state index contributed by atoms with van der Waals surface area (Å²) in [6.45, 7) is 5.96. The Hall–Kier alpha value is -2.14. The molecule has 0 aliphatic carbocycles. The molecule has 0 radical (unpaired) electrons. The van der Waals surface area contributed by atoms with E-state index in [1.54, 1.807) is 6.20 Å². The summed E-state index contributed by atoms with van der Waals surface area (Å²) >= 11 is 0. The van der Waals surface area contributed by atoms with Crippen LogP contribution in [0.3, 0.4) is 0 Å². The Balaban J connectivity index is 1.69. The SMILES string of the molecule is Cc1nc2ccccn2c1CNC(C)Cn1ccnc1. The smallest absolute Gasteiger partial charge is 0.137 e. The van der Waals surface area contributed by atoms with Gasteiger partial charge in [-0.1, -0.05) is 6.07 Å². The number of pyridine rings is 1. The van der Waals surface area contributed by atoms with Crippen LogP contribution in [0.5, 0.6) is 0 Å². The minimum Gasteiger partial charge on any atom is -0.336 e. The van der Waals surface area contributed by atoms with Gasteiger partial charge in [-0.05, 0) is 26.0 Å². The minimum absolute atomic E-state index is 0.373. The van der Waals surface area contributed by atoms with Crippen LogP contribution >= 0.6 is 0 Å². The van der Waals surface area contributed by atoms with Crippen LogP contribution in [0.1, 0.15) is 18.3 Å². The maximum absolute atomic E-state index is 4.57. The van der Waals surface area contributed by atoms with Gasteiger partial charge in [0.2, 0.25) is 0 Å². The van der Waals surface area contributed by atoms with Crippen LogP contribution in [0.25, 0.3) is 5.65 Å². The molecule has 1 atom stereocenters. The summed E-state index contributed by atoms with van der Waals surface area (Å²) in [5, 5.41) is 3.55. The molecular formula is C15H19N5. The molecule has 1 N–H and O–H groups in total. The second-order valence-corrected chi connectivity index (χ2v) is 5.11. The monoisotopic (exact) mass is 269 g/mol. The molecule has 0 fully saturated rings. The van der Waals surface area contributed by atoms with Crippen molar-refractivity contribution in [3.05, 3.63) is 54.5 Å². The van der Waals surface area contributed by atoms with E-state index in [0.29, 0.717) is 6.04 Å². The van der Waals surface area contributed by atoms with E-state index in [1.165, 1.54) is 5.69 Å². The zero-order valence-electron chi connectivity index (χ0n) is 11.8. The van der Waals surface area contributed by atoms with Gasteiger partial charge in [0.1, 0.15) is 5.65 Å². The Morgan fingerprint density at radius 2 is 2.20 bits per heavy atom. The number of nitrogens with zero attached hydrogens (tertiary/aromatic N) is 4. The molecule has 0 spiro atoms. The molecule has 0 aliphatic rings. The molecule has 1 unspecified atom stereocenters. The molecule has 3 aromatic heterocycles. The lowest BCUT2D eigenvalue weighted by Gasteiger charge is -2.14. The third-order valence-corrected chi connectivity index (χ3v) is 3.49. The quantitative estimate of drug-likeness (QED) is 0.771. The molecule has 3 rings (SSSR count). The van der Waals surface area contributed by atoms with E-state index in [1.807, 2.05) is 30.7 Å². The summed E-state index contributed by atoms with van der Waals surface area (Å²) < 4.78 is 4.23. The van der Waals surface area contributed by atoms with Crippen LogP contribution in [-0.4, -0.2) is 25.0 Å². The summed E-state index contributed by atoms with van der Waals surface area (Å²) in [5.41, 5.74) is 3.31. The summed E-state index contributed by atoms with van der Waals surface area (Å²) in [5.74, 6) is 0. The second kappa shape index (κ2) is 5.46. The summed E-state index contributed by atoms with van der Waals surface area (Å²) in [7, 11) is 0. The van der Waals surface area contributed by atoms with Crippen molar-refractivity contribution in [3.8, 4) is 0 Å². The number of imidazole rings is 2. The largest absolute Gasteiger partial charge is 0.336 e. The van der Waals surface area contributed by atoms with E-state index in [-0.39, 0.29) is 0 Å². The lowest BCUT2D eigenvalue weighted by Crippen LogP contribution is -2.30. The molecule has 20 heavy (non-hydrogen) atoms. The van der Waals surface area contributed by atoms with E-state index < -0.39 is 0 Å². The minimum atomic E-state index is 0.373. The molecule has 104 valence electrons. The summed E-state index contributed by atoms with van der Waals surface area (Å²) in [4.78, 5) is 8.64. The van der Waals surface area contributed by atoms with Crippen molar-refractivity contribution in [2.75, 3.05) is 0 Å². The van der Waals surface area contributed by atoms with Crippen LogP contribution in [-0.2, 0) is 13.1 Å². The van der Waals surface area contributed by atoms with Crippen molar-refractivity contribution in [1.29, 1.82) is 0 Å². The highest BCUT2D eigenvalue weighted by Gasteiger charge is 2.09. The van der Waals surface area contributed by atoms with Gasteiger partial charge in [-0.2, -0.15) is 0 Å². The highest BCUT2D eigenvalue weighted by atomic mass is 15.1. The number of rotatable bonds is 5. The van der Waals surface area contributed by atoms with Gasteiger partial charge in [-0.3, -0.25) is 0 Å². The van der Waals surface area contributed by atoms with Gasteiger partial charge in [0.15, 0.2) is 0 Å². The third kappa shape index (κ3) is 2.58. The number of hydrogen-bond acceptors (Lipinski definition) is 3. The van der Waals surface area contributed by atoms with Crippen LogP contribution in [0.2, 0.25) is 0 Å². The van der Waals surface area contributed by atoms with Crippen LogP contribution in [0.15, 0.2) is 43.1 Å². The third-order valence-electron chi connectivity index (χ3n) is 3.49. The van der Waals surface area contributed by atoms with Crippen molar-refractivity contribution in [3.63, 3.8) is 0 Å².